The van der Waals surface area contributed by atoms with E-state index in [1.807, 2.05) is 60.7 Å². The maximum atomic E-state index is 15.2. The largest absolute Gasteiger partial charge is 0.504 e. The fourth-order valence-electron chi connectivity index (χ4n) is 4.81. The first-order chi connectivity index (χ1) is 18.2. The van der Waals surface area contributed by atoms with Crippen LogP contribution in [0.15, 0.2) is 115 Å². The average molecular weight is 540 g/mol. The molecule has 0 radical (unpaired) electrons. The molecule has 0 aliphatic heterocycles. The number of ether oxygens (including phenoxy) is 1. The van der Waals surface area contributed by atoms with Crippen LogP contribution in [0.5, 0.6) is 11.5 Å². The zero-order valence-corrected chi connectivity index (χ0v) is 21.7. The summed E-state index contributed by atoms with van der Waals surface area (Å²) in [6.45, 7) is 1.78. The third-order valence-electron chi connectivity index (χ3n) is 6.76. The molecule has 4 aromatic carbocycles. The van der Waals surface area contributed by atoms with Crippen molar-refractivity contribution in [3.8, 4) is 11.5 Å². The van der Waals surface area contributed by atoms with Crippen LogP contribution in [0.4, 0.5) is 13.2 Å². The van der Waals surface area contributed by atoms with Gasteiger partial charge in [-0.2, -0.15) is 13.2 Å². The van der Waals surface area contributed by atoms with Gasteiger partial charge < -0.3 is 9.84 Å². The normalized spacial score (nSPS) is 13.7. The quantitative estimate of drug-likeness (QED) is 0.126. The fourth-order valence-corrected chi connectivity index (χ4v) is 5.18. The first kappa shape index (κ1) is 27.6. The van der Waals surface area contributed by atoms with Crippen molar-refractivity contribution in [2.24, 2.45) is 0 Å². The van der Waals surface area contributed by atoms with Crippen LogP contribution in [-0.2, 0) is 10.5 Å². The van der Waals surface area contributed by atoms with Crippen LogP contribution in [0.2, 0.25) is 0 Å². The lowest BCUT2D eigenvalue weighted by Gasteiger charge is -2.51. The monoisotopic (exact) mass is 539 g/mol. The summed E-state index contributed by atoms with van der Waals surface area (Å²) in [5.41, 5.74) is -0.0187. The van der Waals surface area contributed by atoms with Crippen molar-refractivity contribution in [3.63, 3.8) is 0 Å². The van der Waals surface area contributed by atoms with Gasteiger partial charge in [0.25, 0.3) is 0 Å². The molecule has 4 rings (SSSR count). The number of hydrogen-bond donors (Lipinski definition) is 1. The van der Waals surface area contributed by atoms with Crippen molar-refractivity contribution in [1.29, 1.82) is 0 Å². The summed E-state index contributed by atoms with van der Waals surface area (Å²) in [5, 5.41) is 10.0. The van der Waals surface area contributed by atoms with Crippen molar-refractivity contribution < 1.29 is 23.0 Å². The Kier molecular flexibility index (Phi) is 8.34. The van der Waals surface area contributed by atoms with Crippen LogP contribution in [0.25, 0.3) is 0 Å². The topological polar surface area (TPSA) is 32.7 Å². The molecule has 1 unspecified atom stereocenters. The SMILES string of the molecule is CC(c1ccccc1)(c1ccccc1)N(CCCOc1ccccc1O)C(Cl)(c1ccccc1)C(F)(F)F. The molecule has 3 nitrogen and oxygen atoms in total. The van der Waals surface area contributed by atoms with Crippen LogP contribution in [0, 0.1) is 0 Å². The van der Waals surface area contributed by atoms with Gasteiger partial charge in [-0.15, -0.1) is 0 Å². The number of para-hydroxylation sites is 2. The Morgan fingerprint density at radius 1 is 0.711 bits per heavy atom. The molecule has 0 heterocycles. The highest BCUT2D eigenvalue weighted by atomic mass is 35.5. The lowest BCUT2D eigenvalue weighted by Crippen LogP contribution is -2.60. The van der Waals surface area contributed by atoms with E-state index in [-0.39, 0.29) is 36.6 Å². The standard InChI is InChI=1S/C31H29ClF3NO2/c1-29(24-14-5-2-6-15-24,25-16-7-3-8-17-25)36(22-13-23-38-28-21-12-11-20-27(28)37)30(32,31(33,34)35)26-18-9-4-10-19-26/h2-12,14-21,37H,13,22-23H2,1H3. The van der Waals surface area contributed by atoms with Crippen molar-refractivity contribution in [3.05, 3.63) is 132 Å². The van der Waals surface area contributed by atoms with Crippen LogP contribution >= 0.6 is 11.6 Å². The zero-order valence-electron chi connectivity index (χ0n) is 20.9. The van der Waals surface area contributed by atoms with Crippen molar-refractivity contribution in [2.75, 3.05) is 13.2 Å². The summed E-state index contributed by atoms with van der Waals surface area (Å²) in [6, 6.07) is 32.2. The highest BCUT2D eigenvalue weighted by Gasteiger charge is 2.62. The Morgan fingerprint density at radius 2 is 1.16 bits per heavy atom. The highest BCUT2D eigenvalue weighted by molar-refractivity contribution is 6.24. The Morgan fingerprint density at radius 3 is 1.63 bits per heavy atom. The molecule has 0 spiro atoms. The number of alkyl halides is 4. The minimum absolute atomic E-state index is 0.0333. The average Bonchev–Trinajstić information content (AvgIpc) is 2.94. The van der Waals surface area contributed by atoms with Gasteiger partial charge in [0.1, 0.15) is 0 Å². The number of nitrogens with zero attached hydrogens (tertiary/aromatic N) is 1. The van der Waals surface area contributed by atoms with Gasteiger partial charge in [-0.3, -0.25) is 4.90 Å². The number of rotatable bonds is 10. The zero-order chi connectivity index (χ0) is 27.2. The van der Waals surface area contributed by atoms with Crippen molar-refractivity contribution >= 4 is 11.6 Å². The molecule has 38 heavy (non-hydrogen) atoms. The van der Waals surface area contributed by atoms with E-state index in [0.717, 1.165) is 0 Å². The molecule has 0 bridgehead atoms. The van der Waals surface area contributed by atoms with Crippen molar-refractivity contribution in [1.82, 2.24) is 4.90 Å². The first-order valence-electron chi connectivity index (χ1n) is 12.3. The molecule has 198 valence electrons. The molecular formula is C31H29ClF3NO2. The van der Waals surface area contributed by atoms with Crippen molar-refractivity contribution in [2.45, 2.75) is 30.1 Å². The Bertz CT molecular complexity index is 1260. The van der Waals surface area contributed by atoms with E-state index in [9.17, 15) is 5.11 Å². The maximum Gasteiger partial charge on any atom is 0.425 e. The number of phenols is 1. The predicted molar refractivity (Wildman–Crippen MR) is 144 cm³/mol. The van der Waals surface area contributed by atoms with Gasteiger partial charge in [0.05, 0.1) is 12.1 Å². The minimum atomic E-state index is -4.83. The smallest absolute Gasteiger partial charge is 0.425 e. The summed E-state index contributed by atoms with van der Waals surface area (Å²) in [4.78, 5) is -1.54. The second kappa shape index (κ2) is 11.5. The summed E-state index contributed by atoms with van der Waals surface area (Å²) < 4.78 is 51.3. The molecule has 0 saturated heterocycles. The molecule has 1 atom stereocenters. The van der Waals surface area contributed by atoms with Crippen LogP contribution < -0.4 is 4.74 Å². The molecule has 4 aromatic rings. The van der Waals surface area contributed by atoms with E-state index in [4.69, 9.17) is 16.3 Å². The number of hydrogen-bond acceptors (Lipinski definition) is 3. The third kappa shape index (κ3) is 5.38. The Hall–Kier alpha value is -3.48. The second-order valence-electron chi connectivity index (χ2n) is 9.11. The number of halogens is 4. The molecule has 0 aliphatic carbocycles. The van der Waals surface area contributed by atoms with Gasteiger partial charge in [-0.25, -0.2) is 0 Å². The number of aromatic hydroxyl groups is 1. The summed E-state index contributed by atoms with van der Waals surface area (Å²) >= 11 is 6.83. The summed E-state index contributed by atoms with van der Waals surface area (Å²) in [6.07, 6.45) is -4.62. The van der Waals surface area contributed by atoms with E-state index in [1.54, 1.807) is 43.3 Å². The highest BCUT2D eigenvalue weighted by Crippen LogP contribution is 2.53. The van der Waals surface area contributed by atoms with E-state index in [2.05, 4.69) is 0 Å². The van der Waals surface area contributed by atoms with Crippen LogP contribution in [0.1, 0.15) is 30.0 Å². The lowest BCUT2D eigenvalue weighted by molar-refractivity contribution is -0.220. The Labute approximate surface area is 226 Å². The molecule has 7 heteroatoms. The van der Waals surface area contributed by atoms with Crippen LogP contribution in [0.3, 0.4) is 0 Å². The molecule has 0 fully saturated rings. The Balaban J connectivity index is 1.83. The molecule has 0 amide bonds. The molecule has 1 N–H and O–H groups in total. The summed E-state index contributed by atoms with van der Waals surface area (Å²) in [7, 11) is 0. The molecule has 0 aromatic heterocycles. The van der Waals surface area contributed by atoms with Gasteiger partial charge in [0.15, 0.2) is 11.5 Å². The second-order valence-corrected chi connectivity index (χ2v) is 9.66. The third-order valence-corrected chi connectivity index (χ3v) is 7.40. The van der Waals surface area contributed by atoms with Gasteiger partial charge in [0, 0.05) is 6.54 Å². The summed E-state index contributed by atoms with van der Waals surface area (Å²) in [5.74, 6) is 0.234. The van der Waals surface area contributed by atoms with E-state index in [1.165, 1.54) is 23.1 Å². The minimum Gasteiger partial charge on any atom is -0.504 e. The fraction of sp³-hybridized carbons (Fsp3) is 0.226. The lowest BCUT2D eigenvalue weighted by atomic mass is 9.80. The van der Waals surface area contributed by atoms with Gasteiger partial charge in [-0.05, 0) is 42.2 Å². The van der Waals surface area contributed by atoms with E-state index < -0.39 is 16.7 Å². The molecule has 0 aliphatic rings. The van der Waals surface area contributed by atoms with Gasteiger partial charge >= 0.3 is 6.18 Å². The first-order valence-corrected chi connectivity index (χ1v) is 12.7. The molecule has 0 saturated carbocycles. The predicted octanol–water partition coefficient (Wildman–Crippen LogP) is 8.08. The van der Waals surface area contributed by atoms with Gasteiger partial charge in [-0.1, -0.05) is 115 Å². The van der Waals surface area contributed by atoms with E-state index in [0.29, 0.717) is 11.1 Å². The number of phenolic OH excluding ortho intramolecular Hbond substituents is 1. The van der Waals surface area contributed by atoms with Crippen LogP contribution in [-0.4, -0.2) is 29.3 Å². The number of benzene rings is 4. The molecular weight excluding hydrogens is 511 g/mol. The van der Waals surface area contributed by atoms with E-state index >= 15 is 13.2 Å². The maximum absolute atomic E-state index is 15.2. The van der Waals surface area contributed by atoms with Gasteiger partial charge in [0.2, 0.25) is 5.00 Å².